The van der Waals surface area contributed by atoms with Crippen LogP contribution in [0.4, 0.5) is 5.69 Å². The highest BCUT2D eigenvalue weighted by Crippen LogP contribution is 2.45. The van der Waals surface area contributed by atoms with Gasteiger partial charge in [0.15, 0.2) is 0 Å². The number of carboxylic acid groups (broad SMARTS) is 1. The van der Waals surface area contributed by atoms with E-state index in [2.05, 4.69) is 39.5 Å². The third-order valence-corrected chi connectivity index (χ3v) is 4.08. The molecule has 3 rings (SSSR count). The predicted molar refractivity (Wildman–Crippen MR) is 69.2 cm³/mol. The number of hydrogen-bond acceptors (Lipinski definition) is 2. The lowest BCUT2D eigenvalue weighted by molar-refractivity contribution is -0.139. The first-order chi connectivity index (χ1) is 8.16. The van der Waals surface area contributed by atoms with Gasteiger partial charge in [-0.1, -0.05) is 28.1 Å². The smallest absolute Gasteiger partial charge is 0.326 e. The van der Waals surface area contributed by atoms with E-state index in [4.69, 9.17) is 0 Å². The molecule has 1 aromatic carbocycles. The van der Waals surface area contributed by atoms with Gasteiger partial charge in [-0.15, -0.1) is 0 Å². The zero-order valence-corrected chi connectivity index (χ0v) is 10.6. The minimum atomic E-state index is -0.766. The molecular weight excluding hydrogens is 282 g/mol. The number of benzene rings is 1. The zero-order chi connectivity index (χ0) is 12.0. The molecule has 1 aliphatic carbocycles. The third-order valence-electron chi connectivity index (χ3n) is 3.59. The van der Waals surface area contributed by atoms with Crippen LogP contribution in [0.25, 0.3) is 0 Å². The van der Waals surface area contributed by atoms with Gasteiger partial charge in [0, 0.05) is 22.0 Å². The normalized spacial score (nSPS) is 29.4. The Bertz CT molecular complexity index is 512. The molecule has 2 N–H and O–H groups in total. The van der Waals surface area contributed by atoms with Gasteiger partial charge in [-0.25, -0.2) is 4.79 Å². The number of aliphatic carboxylic acids is 1. The quantitative estimate of drug-likeness (QED) is 0.783. The van der Waals surface area contributed by atoms with Crippen molar-refractivity contribution in [2.24, 2.45) is 5.92 Å². The average molecular weight is 294 g/mol. The SMILES string of the molecule is O=C(O)[C@@H]1Nc2ccc(Br)cc2[C@H]2C=CC[C@H]21. The second kappa shape index (κ2) is 3.88. The largest absolute Gasteiger partial charge is 0.480 e. The van der Waals surface area contributed by atoms with Crippen molar-refractivity contribution in [3.8, 4) is 0 Å². The predicted octanol–water partition coefficient (Wildman–Crippen LogP) is 2.99. The van der Waals surface area contributed by atoms with Crippen molar-refractivity contribution in [1.29, 1.82) is 0 Å². The Morgan fingerprint density at radius 1 is 1.47 bits per heavy atom. The van der Waals surface area contributed by atoms with Crippen LogP contribution in [0.1, 0.15) is 17.9 Å². The van der Waals surface area contributed by atoms with E-state index in [-0.39, 0.29) is 11.8 Å². The van der Waals surface area contributed by atoms with Crippen LogP contribution in [0.5, 0.6) is 0 Å². The van der Waals surface area contributed by atoms with E-state index >= 15 is 0 Å². The van der Waals surface area contributed by atoms with Gasteiger partial charge in [-0.2, -0.15) is 0 Å². The number of carboxylic acids is 1. The summed E-state index contributed by atoms with van der Waals surface area (Å²) in [6, 6.07) is 5.47. The summed E-state index contributed by atoms with van der Waals surface area (Å²) in [5.74, 6) is -0.406. The third kappa shape index (κ3) is 1.67. The molecule has 4 heteroatoms. The first-order valence-electron chi connectivity index (χ1n) is 5.62. The van der Waals surface area contributed by atoms with Crippen LogP contribution in [-0.2, 0) is 4.79 Å². The summed E-state index contributed by atoms with van der Waals surface area (Å²) in [5, 5.41) is 12.4. The van der Waals surface area contributed by atoms with Gasteiger partial charge in [-0.3, -0.25) is 0 Å². The molecule has 0 fully saturated rings. The molecule has 0 amide bonds. The van der Waals surface area contributed by atoms with Crippen LogP contribution >= 0.6 is 15.9 Å². The molecule has 3 atom stereocenters. The summed E-state index contributed by atoms with van der Waals surface area (Å²) in [7, 11) is 0. The molecule has 2 aliphatic rings. The fourth-order valence-electron chi connectivity index (χ4n) is 2.81. The standard InChI is InChI=1S/C13H12BrNO2/c14-7-4-5-11-10(6-7)8-2-1-3-9(8)12(15-11)13(16)17/h1-2,4-6,8-9,12,15H,3H2,(H,16,17)/t8-,9+,12+/m0/s1. The summed E-state index contributed by atoms with van der Waals surface area (Å²) >= 11 is 3.46. The second-order valence-corrected chi connectivity index (χ2v) is 5.46. The van der Waals surface area contributed by atoms with Crippen LogP contribution in [0.2, 0.25) is 0 Å². The Labute approximate surface area is 108 Å². The highest BCUT2D eigenvalue weighted by atomic mass is 79.9. The van der Waals surface area contributed by atoms with Crippen LogP contribution in [-0.4, -0.2) is 17.1 Å². The zero-order valence-electron chi connectivity index (χ0n) is 9.06. The average Bonchev–Trinajstić information content (AvgIpc) is 2.76. The second-order valence-electron chi connectivity index (χ2n) is 4.55. The van der Waals surface area contributed by atoms with E-state index in [1.54, 1.807) is 0 Å². The van der Waals surface area contributed by atoms with Crippen molar-refractivity contribution in [2.75, 3.05) is 5.32 Å². The molecular formula is C13H12BrNO2. The molecule has 0 aromatic heterocycles. The highest BCUT2D eigenvalue weighted by molar-refractivity contribution is 9.10. The van der Waals surface area contributed by atoms with Crippen LogP contribution < -0.4 is 5.32 Å². The maximum Gasteiger partial charge on any atom is 0.326 e. The number of nitrogens with one attached hydrogen (secondary N) is 1. The van der Waals surface area contributed by atoms with Gasteiger partial charge in [0.2, 0.25) is 0 Å². The number of hydrogen-bond donors (Lipinski definition) is 2. The summed E-state index contributed by atoms with van der Waals surface area (Å²) < 4.78 is 1.03. The van der Waals surface area contributed by atoms with Crippen molar-refractivity contribution in [2.45, 2.75) is 18.4 Å². The number of allylic oxidation sites excluding steroid dienone is 2. The first kappa shape index (κ1) is 10.8. The van der Waals surface area contributed by atoms with Crippen molar-refractivity contribution >= 4 is 27.6 Å². The molecule has 88 valence electrons. The van der Waals surface area contributed by atoms with Crippen molar-refractivity contribution < 1.29 is 9.90 Å². The lowest BCUT2D eigenvalue weighted by atomic mass is 9.79. The van der Waals surface area contributed by atoms with Gasteiger partial charge in [0.1, 0.15) is 6.04 Å². The summed E-state index contributed by atoms with van der Waals surface area (Å²) in [5.41, 5.74) is 2.13. The van der Waals surface area contributed by atoms with Crippen LogP contribution in [0, 0.1) is 5.92 Å². The lowest BCUT2D eigenvalue weighted by Crippen LogP contribution is -2.41. The molecule has 3 nitrogen and oxygen atoms in total. The van der Waals surface area contributed by atoms with E-state index < -0.39 is 12.0 Å². The summed E-state index contributed by atoms with van der Waals surface area (Å²) in [6.07, 6.45) is 5.05. The number of fused-ring (bicyclic) bond motifs is 3. The van der Waals surface area contributed by atoms with E-state index in [0.717, 1.165) is 16.6 Å². The van der Waals surface area contributed by atoms with Crippen molar-refractivity contribution in [3.63, 3.8) is 0 Å². The van der Waals surface area contributed by atoms with Crippen molar-refractivity contribution in [1.82, 2.24) is 0 Å². The number of halogens is 1. The molecule has 1 heterocycles. The van der Waals surface area contributed by atoms with Crippen molar-refractivity contribution in [3.05, 3.63) is 40.4 Å². The van der Waals surface area contributed by atoms with Gasteiger partial charge in [0.05, 0.1) is 0 Å². The van der Waals surface area contributed by atoms with Gasteiger partial charge < -0.3 is 10.4 Å². The molecule has 0 radical (unpaired) electrons. The Hall–Kier alpha value is -1.29. The molecule has 0 unspecified atom stereocenters. The Morgan fingerprint density at radius 3 is 3.06 bits per heavy atom. The fraction of sp³-hybridized carbons (Fsp3) is 0.308. The molecule has 0 spiro atoms. The molecule has 0 bridgehead atoms. The maximum atomic E-state index is 11.3. The molecule has 17 heavy (non-hydrogen) atoms. The van der Waals surface area contributed by atoms with Crippen LogP contribution in [0.3, 0.4) is 0 Å². The molecule has 1 aliphatic heterocycles. The van der Waals surface area contributed by atoms with Gasteiger partial charge in [-0.05, 0) is 30.2 Å². The summed E-state index contributed by atoms with van der Waals surface area (Å²) in [6.45, 7) is 0. The Morgan fingerprint density at radius 2 is 2.29 bits per heavy atom. The first-order valence-corrected chi connectivity index (χ1v) is 6.41. The lowest BCUT2D eigenvalue weighted by Gasteiger charge is -2.34. The molecule has 1 aromatic rings. The van der Waals surface area contributed by atoms with E-state index in [1.807, 2.05) is 12.1 Å². The minimum absolute atomic E-state index is 0.134. The number of anilines is 1. The van der Waals surface area contributed by atoms with E-state index in [9.17, 15) is 9.90 Å². The monoisotopic (exact) mass is 293 g/mol. The number of rotatable bonds is 1. The summed E-state index contributed by atoms with van der Waals surface area (Å²) in [4.78, 5) is 11.3. The highest BCUT2D eigenvalue weighted by Gasteiger charge is 2.40. The minimum Gasteiger partial charge on any atom is -0.480 e. The van der Waals surface area contributed by atoms with E-state index in [1.165, 1.54) is 5.56 Å². The molecule has 0 saturated heterocycles. The van der Waals surface area contributed by atoms with Gasteiger partial charge >= 0.3 is 5.97 Å². The Kier molecular flexibility index (Phi) is 2.47. The maximum absolute atomic E-state index is 11.3. The Balaban J connectivity index is 2.09. The van der Waals surface area contributed by atoms with E-state index in [0.29, 0.717) is 0 Å². The molecule has 0 saturated carbocycles. The fourth-order valence-corrected chi connectivity index (χ4v) is 3.19. The topological polar surface area (TPSA) is 49.3 Å². The van der Waals surface area contributed by atoms with Crippen LogP contribution in [0.15, 0.2) is 34.8 Å². The number of carbonyl (C=O) groups is 1. The van der Waals surface area contributed by atoms with Gasteiger partial charge in [0.25, 0.3) is 0 Å².